The molecule has 1 aromatic rings. The predicted molar refractivity (Wildman–Crippen MR) is 75.1 cm³/mol. The second-order valence-corrected chi connectivity index (χ2v) is 4.78. The Hall–Kier alpha value is -1.36. The van der Waals surface area contributed by atoms with Gasteiger partial charge in [0.1, 0.15) is 5.82 Å². The van der Waals surface area contributed by atoms with Crippen LogP contribution in [0.25, 0.3) is 0 Å². The van der Waals surface area contributed by atoms with Gasteiger partial charge in [-0.3, -0.25) is 4.90 Å². The normalized spacial score (nSPS) is 20.1. The minimum atomic E-state index is 0.641. The second-order valence-electron chi connectivity index (χ2n) is 4.78. The molecule has 0 aromatic carbocycles. The van der Waals surface area contributed by atoms with E-state index in [-0.39, 0.29) is 0 Å². The summed E-state index contributed by atoms with van der Waals surface area (Å²) < 4.78 is 0. The van der Waals surface area contributed by atoms with E-state index in [0.717, 1.165) is 24.5 Å². The lowest BCUT2D eigenvalue weighted by Crippen LogP contribution is -2.34. The van der Waals surface area contributed by atoms with Crippen LogP contribution in [0.3, 0.4) is 0 Å². The lowest BCUT2D eigenvalue weighted by atomic mass is 10.2. The van der Waals surface area contributed by atoms with Gasteiger partial charge in [-0.25, -0.2) is 4.98 Å². The van der Waals surface area contributed by atoms with E-state index in [1.807, 2.05) is 20.2 Å². The zero-order chi connectivity index (χ0) is 13.0. The Labute approximate surface area is 109 Å². The van der Waals surface area contributed by atoms with Crippen molar-refractivity contribution in [3.8, 4) is 0 Å². The molecule has 1 aliphatic rings. The number of aryl methyl sites for hydroxylation is 1. The number of likely N-dealkylation sites (tertiary alicyclic amines) is 1. The minimum Gasteiger partial charge on any atom is -0.368 e. The lowest BCUT2D eigenvalue weighted by Gasteiger charge is -2.23. The number of anilines is 2. The molecule has 1 fully saturated rings. The summed E-state index contributed by atoms with van der Waals surface area (Å²) in [6.07, 6.45) is 4.45. The summed E-state index contributed by atoms with van der Waals surface area (Å²) in [6, 6.07) is 0.641. The lowest BCUT2D eigenvalue weighted by molar-refractivity contribution is 0.277. The van der Waals surface area contributed by atoms with Crippen LogP contribution < -0.4 is 10.6 Å². The molecule has 0 amide bonds. The molecule has 1 unspecified atom stereocenters. The molecule has 1 aromatic heterocycles. The molecule has 0 saturated carbocycles. The first-order valence-corrected chi connectivity index (χ1v) is 6.74. The van der Waals surface area contributed by atoms with Crippen molar-refractivity contribution in [1.29, 1.82) is 0 Å². The van der Waals surface area contributed by atoms with Crippen molar-refractivity contribution >= 4 is 11.8 Å². The molecule has 2 heterocycles. The molecule has 5 heteroatoms. The first-order valence-electron chi connectivity index (χ1n) is 6.74. The van der Waals surface area contributed by atoms with E-state index in [1.54, 1.807) is 0 Å². The highest BCUT2D eigenvalue weighted by atomic mass is 15.2. The molecule has 1 aliphatic heterocycles. The fraction of sp³-hybridized carbons (Fsp3) is 0.692. The molecule has 2 rings (SSSR count). The molecule has 1 saturated heterocycles. The molecular formula is C13H23N5. The monoisotopic (exact) mass is 249 g/mol. The van der Waals surface area contributed by atoms with Crippen molar-refractivity contribution < 1.29 is 0 Å². The quantitative estimate of drug-likeness (QED) is 0.832. The van der Waals surface area contributed by atoms with Crippen LogP contribution in [0.1, 0.15) is 25.3 Å². The van der Waals surface area contributed by atoms with Crippen molar-refractivity contribution in [2.45, 2.75) is 32.7 Å². The van der Waals surface area contributed by atoms with Gasteiger partial charge in [0.05, 0.1) is 0 Å². The summed E-state index contributed by atoms with van der Waals surface area (Å²) in [7, 11) is 1.84. The topological polar surface area (TPSA) is 53.1 Å². The Balaban J connectivity index is 1.97. The molecule has 0 spiro atoms. The summed E-state index contributed by atoms with van der Waals surface area (Å²) in [6.45, 7) is 7.60. The Morgan fingerprint density at radius 3 is 3.06 bits per heavy atom. The fourth-order valence-corrected chi connectivity index (χ4v) is 2.50. The van der Waals surface area contributed by atoms with Gasteiger partial charge >= 0.3 is 0 Å². The van der Waals surface area contributed by atoms with Gasteiger partial charge in [0, 0.05) is 31.4 Å². The second kappa shape index (κ2) is 6.00. The number of nitrogens with zero attached hydrogens (tertiary/aromatic N) is 3. The number of rotatable bonds is 5. The maximum atomic E-state index is 4.45. The Bertz CT molecular complexity index is 393. The van der Waals surface area contributed by atoms with E-state index in [4.69, 9.17) is 0 Å². The van der Waals surface area contributed by atoms with Crippen molar-refractivity contribution in [2.75, 3.05) is 37.3 Å². The van der Waals surface area contributed by atoms with Crippen molar-refractivity contribution in [1.82, 2.24) is 14.9 Å². The maximum Gasteiger partial charge on any atom is 0.224 e. The molecule has 5 nitrogen and oxygen atoms in total. The first-order chi connectivity index (χ1) is 8.74. The summed E-state index contributed by atoms with van der Waals surface area (Å²) in [5, 5.41) is 6.43. The highest BCUT2D eigenvalue weighted by Crippen LogP contribution is 2.18. The van der Waals surface area contributed by atoms with Crippen molar-refractivity contribution in [3.63, 3.8) is 0 Å². The number of aromatic nitrogens is 2. The summed E-state index contributed by atoms with van der Waals surface area (Å²) in [5.74, 6) is 1.61. The van der Waals surface area contributed by atoms with E-state index in [9.17, 15) is 0 Å². The van der Waals surface area contributed by atoms with Crippen LogP contribution in [-0.4, -0.2) is 47.6 Å². The highest BCUT2D eigenvalue weighted by molar-refractivity contribution is 5.46. The van der Waals surface area contributed by atoms with E-state index < -0.39 is 0 Å². The number of nitrogens with one attached hydrogen (secondary N) is 2. The third-order valence-corrected chi connectivity index (χ3v) is 3.61. The average molecular weight is 249 g/mol. The van der Waals surface area contributed by atoms with Gasteiger partial charge in [-0.1, -0.05) is 6.92 Å². The van der Waals surface area contributed by atoms with Crippen LogP contribution in [-0.2, 0) is 0 Å². The zero-order valence-electron chi connectivity index (χ0n) is 11.5. The summed E-state index contributed by atoms with van der Waals surface area (Å²) in [5.41, 5.74) is 1.09. The van der Waals surface area contributed by atoms with Crippen LogP contribution in [0.2, 0.25) is 0 Å². The zero-order valence-corrected chi connectivity index (χ0v) is 11.5. The molecule has 18 heavy (non-hydrogen) atoms. The molecule has 1 atom stereocenters. The number of hydrogen-bond donors (Lipinski definition) is 2. The summed E-state index contributed by atoms with van der Waals surface area (Å²) in [4.78, 5) is 11.2. The van der Waals surface area contributed by atoms with E-state index in [1.165, 1.54) is 19.4 Å². The van der Waals surface area contributed by atoms with Crippen molar-refractivity contribution in [3.05, 3.63) is 11.8 Å². The number of likely N-dealkylation sites (N-methyl/N-ethyl adjacent to an activating group) is 1. The molecule has 0 radical (unpaired) electrons. The van der Waals surface area contributed by atoms with E-state index in [2.05, 4.69) is 32.4 Å². The van der Waals surface area contributed by atoms with Crippen LogP contribution in [0.4, 0.5) is 11.8 Å². The van der Waals surface area contributed by atoms with Gasteiger partial charge in [0.25, 0.3) is 0 Å². The van der Waals surface area contributed by atoms with Gasteiger partial charge in [-0.05, 0) is 32.9 Å². The van der Waals surface area contributed by atoms with Gasteiger partial charge in [-0.15, -0.1) is 0 Å². The Kier molecular flexibility index (Phi) is 4.36. The Morgan fingerprint density at radius 1 is 1.50 bits per heavy atom. The number of hydrogen-bond acceptors (Lipinski definition) is 5. The molecule has 0 bridgehead atoms. The van der Waals surface area contributed by atoms with Gasteiger partial charge in [0.15, 0.2) is 0 Å². The minimum absolute atomic E-state index is 0.641. The first kappa shape index (κ1) is 13.1. The largest absolute Gasteiger partial charge is 0.368 e. The molecule has 100 valence electrons. The van der Waals surface area contributed by atoms with Crippen LogP contribution in [0.5, 0.6) is 0 Å². The van der Waals surface area contributed by atoms with Gasteiger partial charge in [0.2, 0.25) is 5.95 Å². The Morgan fingerprint density at radius 2 is 2.33 bits per heavy atom. The average Bonchev–Trinajstić information content (AvgIpc) is 2.85. The van der Waals surface area contributed by atoms with Gasteiger partial charge < -0.3 is 10.6 Å². The van der Waals surface area contributed by atoms with Crippen LogP contribution >= 0.6 is 0 Å². The predicted octanol–water partition coefficient (Wildman–Crippen LogP) is 1.72. The van der Waals surface area contributed by atoms with E-state index in [0.29, 0.717) is 12.0 Å². The standard InChI is InChI=1S/C13H23N5/c1-4-18-7-5-6-11(18)9-15-12-10(2)8-16-13(14-3)17-12/h8,11H,4-7,9H2,1-3H3,(H2,14,15,16,17). The van der Waals surface area contributed by atoms with Crippen molar-refractivity contribution in [2.24, 2.45) is 0 Å². The van der Waals surface area contributed by atoms with Gasteiger partial charge in [-0.2, -0.15) is 4.98 Å². The maximum absolute atomic E-state index is 4.45. The third-order valence-electron chi connectivity index (χ3n) is 3.61. The third kappa shape index (κ3) is 2.90. The molecule has 2 N–H and O–H groups in total. The fourth-order valence-electron chi connectivity index (χ4n) is 2.50. The molecular weight excluding hydrogens is 226 g/mol. The van der Waals surface area contributed by atoms with Crippen LogP contribution in [0.15, 0.2) is 6.20 Å². The highest BCUT2D eigenvalue weighted by Gasteiger charge is 2.22. The molecule has 0 aliphatic carbocycles. The SMILES string of the molecule is CCN1CCCC1CNc1nc(NC)ncc1C. The van der Waals surface area contributed by atoms with Crippen LogP contribution in [0, 0.1) is 6.92 Å². The smallest absolute Gasteiger partial charge is 0.224 e. The van der Waals surface area contributed by atoms with E-state index >= 15 is 0 Å². The summed E-state index contributed by atoms with van der Waals surface area (Å²) >= 11 is 0.